The Morgan fingerprint density at radius 2 is 1.88 bits per heavy atom. The fraction of sp³-hybridized carbons (Fsp3) is 0.579. The summed E-state index contributed by atoms with van der Waals surface area (Å²) in [4.78, 5) is 30.7. The lowest BCUT2D eigenvalue weighted by Crippen LogP contribution is -2.42. The highest BCUT2D eigenvalue weighted by atomic mass is 79.9. The zero-order valence-corrected chi connectivity index (χ0v) is 17.5. The Kier molecular flexibility index (Phi) is 7.90. The maximum Gasteiger partial charge on any atom is 0.321 e. The summed E-state index contributed by atoms with van der Waals surface area (Å²) in [5, 5.41) is 2.96. The van der Waals surface area contributed by atoms with E-state index in [1.165, 1.54) is 0 Å². The highest BCUT2D eigenvalue weighted by Crippen LogP contribution is 2.21. The quantitative estimate of drug-likeness (QED) is 0.789. The average Bonchev–Trinajstić information content (AvgIpc) is 2.85. The Balaban J connectivity index is 1.88. The van der Waals surface area contributed by atoms with Crippen LogP contribution in [0, 0.1) is 6.92 Å². The number of aryl methyl sites for hydroxylation is 1. The van der Waals surface area contributed by atoms with Crippen LogP contribution in [-0.4, -0.2) is 72.5 Å². The van der Waals surface area contributed by atoms with E-state index in [9.17, 15) is 9.59 Å². The van der Waals surface area contributed by atoms with Crippen LogP contribution in [0.3, 0.4) is 0 Å². The summed E-state index contributed by atoms with van der Waals surface area (Å²) < 4.78 is 0.979. The molecule has 6 nitrogen and oxygen atoms in total. The number of urea groups is 1. The van der Waals surface area contributed by atoms with Crippen LogP contribution in [0.5, 0.6) is 0 Å². The lowest BCUT2D eigenvalue weighted by molar-refractivity contribution is -0.132. The molecule has 0 radical (unpaired) electrons. The van der Waals surface area contributed by atoms with Crippen molar-refractivity contribution in [3.8, 4) is 0 Å². The fourth-order valence-corrected chi connectivity index (χ4v) is 3.45. The first-order valence-electron chi connectivity index (χ1n) is 9.26. The largest absolute Gasteiger partial charge is 0.342 e. The van der Waals surface area contributed by atoms with Crippen LogP contribution in [0.4, 0.5) is 10.5 Å². The van der Waals surface area contributed by atoms with Gasteiger partial charge < -0.3 is 15.1 Å². The second kappa shape index (κ2) is 9.92. The summed E-state index contributed by atoms with van der Waals surface area (Å²) >= 11 is 3.49. The molecular weight excluding hydrogens is 396 g/mol. The SMILES string of the molecule is CCN(CC)C(=O)CN1CCCN(C(=O)Nc2ccc(C)c(Br)c2)CC1. The molecule has 0 aromatic heterocycles. The second-order valence-electron chi connectivity index (χ2n) is 6.58. The van der Waals surface area contributed by atoms with Crippen molar-refractivity contribution >= 4 is 33.6 Å². The van der Waals surface area contributed by atoms with Gasteiger partial charge in [0.15, 0.2) is 0 Å². The molecule has 0 bridgehead atoms. The van der Waals surface area contributed by atoms with Crippen LogP contribution in [0.1, 0.15) is 25.8 Å². The van der Waals surface area contributed by atoms with Crippen LogP contribution in [0.2, 0.25) is 0 Å². The van der Waals surface area contributed by atoms with Crippen molar-refractivity contribution in [3.63, 3.8) is 0 Å². The van der Waals surface area contributed by atoms with Gasteiger partial charge in [0.2, 0.25) is 5.91 Å². The van der Waals surface area contributed by atoms with Gasteiger partial charge in [-0.15, -0.1) is 0 Å². The first-order valence-corrected chi connectivity index (χ1v) is 10.1. The topological polar surface area (TPSA) is 55.9 Å². The zero-order chi connectivity index (χ0) is 19.1. The molecule has 1 saturated heterocycles. The normalized spacial score (nSPS) is 15.5. The van der Waals surface area contributed by atoms with Gasteiger partial charge in [0, 0.05) is 49.4 Å². The van der Waals surface area contributed by atoms with Gasteiger partial charge in [0.1, 0.15) is 0 Å². The van der Waals surface area contributed by atoms with Crippen LogP contribution in [-0.2, 0) is 4.79 Å². The zero-order valence-electron chi connectivity index (χ0n) is 15.9. The van der Waals surface area contributed by atoms with Crippen molar-refractivity contribution in [1.29, 1.82) is 0 Å². The molecule has 3 amide bonds. The number of halogens is 1. The molecule has 1 aromatic rings. The second-order valence-corrected chi connectivity index (χ2v) is 7.43. The van der Waals surface area contributed by atoms with Gasteiger partial charge in [0.25, 0.3) is 0 Å². The number of benzene rings is 1. The molecule has 1 aliphatic heterocycles. The van der Waals surface area contributed by atoms with Gasteiger partial charge in [-0.05, 0) is 44.9 Å². The summed E-state index contributed by atoms with van der Waals surface area (Å²) in [6, 6.07) is 5.71. The van der Waals surface area contributed by atoms with Crippen molar-refractivity contribution in [2.24, 2.45) is 0 Å². The maximum atomic E-state index is 12.6. The third kappa shape index (κ3) is 5.71. The fourth-order valence-electron chi connectivity index (χ4n) is 3.07. The van der Waals surface area contributed by atoms with Gasteiger partial charge in [-0.25, -0.2) is 4.79 Å². The van der Waals surface area contributed by atoms with E-state index in [0.717, 1.165) is 48.3 Å². The van der Waals surface area contributed by atoms with Gasteiger partial charge in [0.05, 0.1) is 6.54 Å². The molecular formula is C19H29BrN4O2. The van der Waals surface area contributed by atoms with Gasteiger partial charge >= 0.3 is 6.03 Å². The predicted molar refractivity (Wildman–Crippen MR) is 108 cm³/mol. The molecule has 0 unspecified atom stereocenters. The summed E-state index contributed by atoms with van der Waals surface area (Å²) in [5.41, 5.74) is 1.91. The molecule has 2 rings (SSSR count). The number of nitrogens with zero attached hydrogens (tertiary/aromatic N) is 3. The van der Waals surface area contributed by atoms with Crippen molar-refractivity contribution in [3.05, 3.63) is 28.2 Å². The molecule has 0 aliphatic carbocycles. The van der Waals surface area contributed by atoms with Crippen LogP contribution in [0.15, 0.2) is 22.7 Å². The van der Waals surface area contributed by atoms with E-state index < -0.39 is 0 Å². The van der Waals surface area contributed by atoms with Crippen molar-refractivity contribution < 1.29 is 9.59 Å². The van der Waals surface area contributed by atoms with Gasteiger partial charge in [-0.3, -0.25) is 9.69 Å². The van der Waals surface area contributed by atoms with Crippen LogP contribution in [0.25, 0.3) is 0 Å². The van der Waals surface area contributed by atoms with Gasteiger partial charge in [-0.2, -0.15) is 0 Å². The maximum absolute atomic E-state index is 12.6. The molecule has 1 N–H and O–H groups in total. The highest BCUT2D eigenvalue weighted by molar-refractivity contribution is 9.10. The number of rotatable bonds is 5. The molecule has 1 heterocycles. The van der Waals surface area contributed by atoms with E-state index >= 15 is 0 Å². The minimum absolute atomic E-state index is 0.0855. The van der Waals surface area contributed by atoms with Crippen molar-refractivity contribution in [2.75, 3.05) is 51.1 Å². The predicted octanol–water partition coefficient (Wildman–Crippen LogP) is 3.17. The molecule has 7 heteroatoms. The highest BCUT2D eigenvalue weighted by Gasteiger charge is 2.21. The minimum atomic E-state index is -0.0855. The molecule has 0 saturated carbocycles. The number of amides is 3. The molecule has 26 heavy (non-hydrogen) atoms. The Hall–Kier alpha value is -1.60. The van der Waals surface area contributed by atoms with E-state index in [0.29, 0.717) is 19.6 Å². The third-order valence-electron chi connectivity index (χ3n) is 4.77. The number of hydrogen-bond donors (Lipinski definition) is 1. The van der Waals surface area contributed by atoms with E-state index in [-0.39, 0.29) is 11.9 Å². The number of hydrogen-bond acceptors (Lipinski definition) is 3. The third-order valence-corrected chi connectivity index (χ3v) is 5.63. The standard InChI is InChI=1S/C19H29BrN4O2/c1-4-23(5-2)18(25)14-22-9-6-10-24(12-11-22)19(26)21-16-8-7-15(3)17(20)13-16/h7-8,13H,4-6,9-12,14H2,1-3H3,(H,21,26). The first kappa shape index (κ1) is 20.7. The van der Waals surface area contributed by atoms with Crippen LogP contribution < -0.4 is 5.32 Å². The first-order chi connectivity index (χ1) is 12.4. The van der Waals surface area contributed by atoms with E-state index in [2.05, 4.69) is 26.1 Å². The van der Waals surface area contributed by atoms with Crippen molar-refractivity contribution in [1.82, 2.24) is 14.7 Å². The molecule has 1 aliphatic rings. The summed E-state index contributed by atoms with van der Waals surface area (Å²) in [5.74, 6) is 0.164. The van der Waals surface area contributed by atoms with Crippen LogP contribution >= 0.6 is 15.9 Å². The smallest absolute Gasteiger partial charge is 0.321 e. The Labute approximate surface area is 164 Å². The molecule has 1 fully saturated rings. The van der Waals surface area contributed by atoms with Gasteiger partial charge in [-0.1, -0.05) is 22.0 Å². The number of nitrogens with one attached hydrogen (secondary N) is 1. The molecule has 0 spiro atoms. The number of anilines is 1. The molecule has 1 aromatic carbocycles. The number of carbonyl (C=O) groups is 2. The molecule has 0 atom stereocenters. The summed E-state index contributed by atoms with van der Waals surface area (Å²) in [7, 11) is 0. The van der Waals surface area contributed by atoms with Crippen molar-refractivity contribution in [2.45, 2.75) is 27.2 Å². The lowest BCUT2D eigenvalue weighted by atomic mass is 10.2. The van der Waals surface area contributed by atoms with E-state index in [1.54, 1.807) is 0 Å². The van der Waals surface area contributed by atoms with E-state index in [4.69, 9.17) is 0 Å². The summed E-state index contributed by atoms with van der Waals surface area (Å²) in [6.45, 7) is 10.8. The Morgan fingerprint density at radius 3 is 2.54 bits per heavy atom. The number of carbonyl (C=O) groups excluding carboxylic acids is 2. The average molecular weight is 425 g/mol. The summed E-state index contributed by atoms with van der Waals surface area (Å²) in [6.07, 6.45) is 0.872. The number of likely N-dealkylation sites (N-methyl/N-ethyl adjacent to an activating group) is 1. The Morgan fingerprint density at radius 1 is 1.15 bits per heavy atom. The monoisotopic (exact) mass is 424 g/mol. The minimum Gasteiger partial charge on any atom is -0.342 e. The molecule has 144 valence electrons. The van der Waals surface area contributed by atoms with E-state index in [1.807, 2.05) is 48.8 Å². The lowest BCUT2D eigenvalue weighted by Gasteiger charge is -2.25. The Bertz CT molecular complexity index is 634.